The van der Waals surface area contributed by atoms with Gasteiger partial charge in [0.25, 0.3) is 0 Å². The van der Waals surface area contributed by atoms with E-state index in [-0.39, 0.29) is 5.75 Å². The Morgan fingerprint density at radius 2 is 2.14 bits per heavy atom. The molecule has 0 saturated carbocycles. The van der Waals surface area contributed by atoms with Crippen LogP contribution in [0, 0.1) is 6.42 Å². The molecule has 3 nitrogen and oxygen atoms in total. The van der Waals surface area contributed by atoms with Crippen LogP contribution in [0.4, 0.5) is 0 Å². The minimum Gasteiger partial charge on any atom is -0.229 e. The smallest absolute Gasteiger partial charge is 0.209 e. The van der Waals surface area contributed by atoms with E-state index in [4.69, 9.17) is 0 Å². The summed E-state index contributed by atoms with van der Waals surface area (Å²) in [7, 11) is -3.23. The molecule has 0 aromatic heterocycles. The van der Waals surface area contributed by atoms with Crippen molar-refractivity contribution < 1.29 is 8.42 Å². The number of primary sulfonamides is 1. The molecular formula is C3H8NO2S. The highest BCUT2D eigenvalue weighted by atomic mass is 32.2. The van der Waals surface area contributed by atoms with Crippen LogP contribution in [-0.2, 0) is 10.0 Å². The Hall–Kier alpha value is -0.0900. The Kier molecular flexibility index (Phi) is 2.25. The average Bonchev–Trinajstić information content (AvgIpc) is 1.30. The first-order valence-corrected chi connectivity index (χ1v) is 3.56. The normalized spacial score (nSPS) is 11.7. The van der Waals surface area contributed by atoms with E-state index in [1.165, 1.54) is 6.42 Å². The van der Waals surface area contributed by atoms with Crippen molar-refractivity contribution in [2.24, 2.45) is 5.14 Å². The van der Waals surface area contributed by atoms with Crippen molar-refractivity contribution in [3.05, 3.63) is 6.42 Å². The summed E-state index contributed by atoms with van der Waals surface area (Å²) < 4.78 is 20.0. The van der Waals surface area contributed by atoms with Crippen LogP contribution >= 0.6 is 0 Å². The molecule has 0 amide bonds. The minimum atomic E-state index is -3.23. The Morgan fingerprint density at radius 1 is 1.71 bits per heavy atom. The predicted molar refractivity (Wildman–Crippen MR) is 27.9 cm³/mol. The first kappa shape index (κ1) is 6.91. The fourth-order valence-electron chi connectivity index (χ4n) is 0.232. The maximum atomic E-state index is 9.98. The molecule has 43 valence electrons. The zero-order chi connectivity index (χ0) is 5.91. The summed E-state index contributed by atoms with van der Waals surface area (Å²) in [5.41, 5.74) is 0. The van der Waals surface area contributed by atoms with Gasteiger partial charge in [-0.25, -0.2) is 13.6 Å². The fraction of sp³-hybridized carbons (Fsp3) is 0.667. The zero-order valence-electron chi connectivity index (χ0n) is 4.09. The van der Waals surface area contributed by atoms with E-state index in [9.17, 15) is 8.42 Å². The molecule has 0 aliphatic heterocycles. The number of hydrogen-bond donors (Lipinski definition) is 1. The largest absolute Gasteiger partial charge is 0.229 e. The highest BCUT2D eigenvalue weighted by molar-refractivity contribution is 7.89. The van der Waals surface area contributed by atoms with Crippen molar-refractivity contribution in [1.82, 2.24) is 0 Å². The van der Waals surface area contributed by atoms with Crippen LogP contribution in [0.25, 0.3) is 0 Å². The van der Waals surface area contributed by atoms with Gasteiger partial charge in [0.1, 0.15) is 0 Å². The molecular weight excluding hydrogens is 114 g/mol. The van der Waals surface area contributed by atoms with Gasteiger partial charge in [-0.1, -0.05) is 6.92 Å². The van der Waals surface area contributed by atoms with Gasteiger partial charge in [0.05, 0.1) is 5.75 Å². The van der Waals surface area contributed by atoms with Gasteiger partial charge in [0, 0.05) is 0 Å². The molecule has 0 aromatic rings. The summed E-state index contributed by atoms with van der Waals surface area (Å²) >= 11 is 0. The number of sulfonamides is 1. The van der Waals surface area contributed by atoms with Crippen LogP contribution in [-0.4, -0.2) is 14.2 Å². The van der Waals surface area contributed by atoms with Crippen molar-refractivity contribution in [2.75, 3.05) is 5.75 Å². The quantitative estimate of drug-likeness (QED) is 0.536. The van der Waals surface area contributed by atoms with Gasteiger partial charge in [-0.2, -0.15) is 0 Å². The van der Waals surface area contributed by atoms with E-state index < -0.39 is 10.0 Å². The first-order valence-electron chi connectivity index (χ1n) is 1.84. The van der Waals surface area contributed by atoms with Crippen molar-refractivity contribution in [2.45, 2.75) is 6.92 Å². The minimum absolute atomic E-state index is 0.0347. The number of nitrogens with two attached hydrogens (primary N) is 1. The average molecular weight is 122 g/mol. The summed E-state index contributed by atoms with van der Waals surface area (Å²) in [5.74, 6) is -0.0347. The molecule has 0 fully saturated rings. The summed E-state index contributed by atoms with van der Waals surface area (Å²) in [6, 6.07) is 0. The molecule has 0 atom stereocenters. The lowest BCUT2D eigenvalue weighted by Gasteiger charge is -1.87. The second kappa shape index (κ2) is 2.28. The molecule has 0 heterocycles. The van der Waals surface area contributed by atoms with Gasteiger partial charge in [-0.15, -0.1) is 0 Å². The van der Waals surface area contributed by atoms with Crippen LogP contribution in [0.5, 0.6) is 0 Å². The summed E-state index contributed by atoms with van der Waals surface area (Å²) in [4.78, 5) is 0. The molecule has 0 aromatic carbocycles. The van der Waals surface area contributed by atoms with Crippen LogP contribution in [0.15, 0.2) is 0 Å². The third kappa shape index (κ3) is 5.91. The molecule has 2 N–H and O–H groups in total. The maximum Gasteiger partial charge on any atom is 0.209 e. The molecule has 0 spiro atoms. The summed E-state index contributed by atoms with van der Waals surface area (Å²) in [5, 5.41) is 4.59. The molecule has 0 unspecified atom stereocenters. The standard InChI is InChI=1S/C3H8NO2S/c1-2-3-7(4,5)6/h2H,3H2,1H3,(H2,4,5,6). The van der Waals surface area contributed by atoms with Crippen molar-refractivity contribution >= 4 is 10.0 Å². The number of rotatable bonds is 2. The molecule has 4 heteroatoms. The Balaban J connectivity index is 3.60. The third-order valence-corrected chi connectivity index (χ3v) is 1.20. The highest BCUT2D eigenvalue weighted by Gasteiger charge is 1.96. The van der Waals surface area contributed by atoms with Crippen LogP contribution in [0.2, 0.25) is 0 Å². The van der Waals surface area contributed by atoms with Gasteiger partial charge in [-0.3, -0.25) is 0 Å². The third-order valence-electron chi connectivity index (χ3n) is 0.399. The van der Waals surface area contributed by atoms with Gasteiger partial charge in [0.2, 0.25) is 10.0 Å². The topological polar surface area (TPSA) is 60.2 Å². The van der Waals surface area contributed by atoms with Crippen molar-refractivity contribution in [1.29, 1.82) is 0 Å². The molecule has 0 aliphatic carbocycles. The summed E-state index contributed by atoms with van der Waals surface area (Å²) in [6.07, 6.45) is 1.50. The molecule has 0 bridgehead atoms. The van der Waals surface area contributed by atoms with E-state index in [0.29, 0.717) is 0 Å². The van der Waals surface area contributed by atoms with E-state index in [2.05, 4.69) is 5.14 Å². The SMILES string of the molecule is C[CH]CS(N)(=O)=O. The predicted octanol–water partition coefficient (Wildman–Crippen LogP) is -0.501. The Morgan fingerprint density at radius 3 is 2.14 bits per heavy atom. The van der Waals surface area contributed by atoms with E-state index in [0.717, 1.165) is 0 Å². The van der Waals surface area contributed by atoms with E-state index in [1.807, 2.05) is 0 Å². The number of hydrogen-bond acceptors (Lipinski definition) is 2. The second-order valence-electron chi connectivity index (χ2n) is 1.24. The van der Waals surface area contributed by atoms with Crippen LogP contribution < -0.4 is 5.14 Å². The second-order valence-corrected chi connectivity index (χ2v) is 2.90. The van der Waals surface area contributed by atoms with Crippen molar-refractivity contribution in [3.63, 3.8) is 0 Å². The lowest BCUT2D eigenvalue weighted by atomic mass is 10.6. The Labute approximate surface area is 43.6 Å². The van der Waals surface area contributed by atoms with E-state index >= 15 is 0 Å². The van der Waals surface area contributed by atoms with Gasteiger partial charge in [-0.05, 0) is 6.42 Å². The molecule has 0 aliphatic rings. The molecule has 0 saturated heterocycles. The lowest BCUT2D eigenvalue weighted by Crippen LogP contribution is -2.15. The highest BCUT2D eigenvalue weighted by Crippen LogP contribution is 1.78. The Bertz CT molecular complexity index is 126. The zero-order valence-corrected chi connectivity index (χ0v) is 4.90. The van der Waals surface area contributed by atoms with Gasteiger partial charge < -0.3 is 0 Å². The van der Waals surface area contributed by atoms with Gasteiger partial charge in [0.15, 0.2) is 0 Å². The molecule has 7 heavy (non-hydrogen) atoms. The van der Waals surface area contributed by atoms with Crippen molar-refractivity contribution in [3.8, 4) is 0 Å². The lowest BCUT2D eigenvalue weighted by molar-refractivity contribution is 0.599. The van der Waals surface area contributed by atoms with Gasteiger partial charge >= 0.3 is 0 Å². The first-order chi connectivity index (χ1) is 3.06. The fourth-order valence-corrected chi connectivity index (χ4v) is 0.697. The van der Waals surface area contributed by atoms with Crippen LogP contribution in [0.3, 0.4) is 0 Å². The maximum absolute atomic E-state index is 9.98. The monoisotopic (exact) mass is 122 g/mol. The molecule has 1 radical (unpaired) electrons. The summed E-state index contributed by atoms with van der Waals surface area (Å²) in [6.45, 7) is 1.64. The van der Waals surface area contributed by atoms with E-state index in [1.54, 1.807) is 6.92 Å². The molecule has 0 rings (SSSR count). The van der Waals surface area contributed by atoms with Crippen LogP contribution in [0.1, 0.15) is 6.92 Å².